The van der Waals surface area contributed by atoms with Crippen molar-refractivity contribution in [2.75, 3.05) is 12.9 Å². The van der Waals surface area contributed by atoms with Crippen molar-refractivity contribution < 1.29 is 36.3 Å². The quantitative estimate of drug-likeness (QED) is 0.322. The summed E-state index contributed by atoms with van der Waals surface area (Å²) >= 11 is 1.28. The van der Waals surface area contributed by atoms with Gasteiger partial charge in [0.25, 0.3) is 10.1 Å². The maximum absolute atomic E-state index is 13.2. The van der Waals surface area contributed by atoms with Gasteiger partial charge in [0.15, 0.2) is 18.5 Å². The minimum Gasteiger partial charge on any atom is -0.453 e. The molecule has 10 heteroatoms. The summed E-state index contributed by atoms with van der Waals surface area (Å²) in [6.07, 6.45) is -3.54. The Bertz CT molecular complexity index is 1290. The van der Waals surface area contributed by atoms with Crippen molar-refractivity contribution >= 4 is 27.8 Å². The van der Waals surface area contributed by atoms with Crippen molar-refractivity contribution in [2.45, 2.75) is 41.0 Å². The van der Waals surface area contributed by atoms with Crippen molar-refractivity contribution in [1.29, 1.82) is 0 Å². The number of carbonyl (C=O) groups is 1. The highest BCUT2D eigenvalue weighted by Gasteiger charge is 2.54. The number of fused-ring (bicyclic) bond motifs is 1. The minimum atomic E-state index is -3.96. The lowest BCUT2D eigenvalue weighted by Gasteiger charge is -2.48. The fraction of sp³-hybridized carbons (Fsp3) is 0.296. The summed E-state index contributed by atoms with van der Waals surface area (Å²) in [4.78, 5) is 14.0. The van der Waals surface area contributed by atoms with Crippen LogP contribution in [0.3, 0.4) is 0 Å². The molecule has 0 N–H and O–H groups in total. The molecule has 0 aromatic heterocycles. The molecule has 5 rings (SSSR count). The number of rotatable bonds is 7. The number of thioether (sulfide) groups is 1. The van der Waals surface area contributed by atoms with Gasteiger partial charge in [-0.15, -0.1) is 0 Å². The molecule has 3 aromatic rings. The second-order valence-corrected chi connectivity index (χ2v) is 11.4. The third-order valence-corrected chi connectivity index (χ3v) is 7.62. The van der Waals surface area contributed by atoms with Crippen LogP contribution in [0.15, 0.2) is 95.9 Å². The molecule has 2 saturated heterocycles. The van der Waals surface area contributed by atoms with Crippen molar-refractivity contribution in [3.63, 3.8) is 0 Å². The van der Waals surface area contributed by atoms with Gasteiger partial charge in [0.05, 0.1) is 18.4 Å². The molecular weight excluding hydrogens is 516 g/mol. The molecule has 3 unspecified atom stereocenters. The van der Waals surface area contributed by atoms with E-state index in [2.05, 4.69) is 0 Å². The van der Waals surface area contributed by atoms with Crippen LogP contribution >= 0.6 is 11.8 Å². The van der Waals surface area contributed by atoms with Crippen LogP contribution in [0.2, 0.25) is 0 Å². The molecule has 0 amide bonds. The first-order valence-corrected chi connectivity index (χ1v) is 14.4. The summed E-state index contributed by atoms with van der Waals surface area (Å²) in [5.74, 6) is -0.622. The maximum atomic E-state index is 13.2. The van der Waals surface area contributed by atoms with Gasteiger partial charge in [-0.2, -0.15) is 8.42 Å². The molecule has 37 heavy (non-hydrogen) atoms. The van der Waals surface area contributed by atoms with E-state index in [1.807, 2.05) is 60.7 Å². The first-order valence-electron chi connectivity index (χ1n) is 11.7. The summed E-state index contributed by atoms with van der Waals surface area (Å²) in [7, 11) is -3.96. The predicted octanol–water partition coefficient (Wildman–Crippen LogP) is 4.19. The Labute approximate surface area is 220 Å². The van der Waals surface area contributed by atoms with Gasteiger partial charge in [-0.1, -0.05) is 78.5 Å². The molecule has 2 heterocycles. The van der Waals surface area contributed by atoms with Crippen molar-refractivity contribution in [1.82, 2.24) is 0 Å². The standard InChI is InChI=1S/C27H26O8S2/c1-37(29,30)35-24-23(33-25(28)18-11-5-2-6-12-18)22-21(32-27(24)36-20-15-9-4-10-16-20)17-31-26(34-22)19-13-7-3-8-14-19/h2-16,21-24,26-27H,17H2,1H3/t21?,22-,23?,24-,26?,27+/m0/s1. The highest BCUT2D eigenvalue weighted by Crippen LogP contribution is 2.41. The number of hydrogen-bond acceptors (Lipinski definition) is 9. The fourth-order valence-electron chi connectivity index (χ4n) is 4.26. The van der Waals surface area contributed by atoms with E-state index in [4.69, 9.17) is 23.1 Å². The number of esters is 1. The molecule has 194 valence electrons. The Morgan fingerprint density at radius 2 is 1.49 bits per heavy atom. The zero-order valence-corrected chi connectivity index (χ0v) is 21.5. The van der Waals surface area contributed by atoms with Crippen LogP contribution in [0.1, 0.15) is 22.2 Å². The van der Waals surface area contributed by atoms with Crippen molar-refractivity contribution in [3.8, 4) is 0 Å². The second-order valence-electron chi connectivity index (χ2n) is 8.65. The van der Waals surface area contributed by atoms with Crippen LogP contribution in [-0.2, 0) is 33.2 Å². The van der Waals surface area contributed by atoms with Gasteiger partial charge >= 0.3 is 5.97 Å². The molecular formula is C27H26O8S2. The van der Waals surface area contributed by atoms with Crippen LogP contribution in [0, 0.1) is 0 Å². The van der Waals surface area contributed by atoms with Gasteiger partial charge < -0.3 is 18.9 Å². The maximum Gasteiger partial charge on any atom is 0.338 e. The molecule has 2 aliphatic rings. The SMILES string of the molecule is CS(=O)(=O)O[C@H]1C(OC(=O)c2ccccc2)[C@H]2OC(c3ccccc3)OCC2O[C@@H]1Sc1ccccc1. The van der Waals surface area contributed by atoms with Gasteiger partial charge in [0, 0.05) is 10.5 Å². The van der Waals surface area contributed by atoms with Crippen LogP contribution in [-0.4, -0.2) is 57.1 Å². The Balaban J connectivity index is 1.50. The number of ether oxygens (including phenoxy) is 4. The molecule has 8 nitrogen and oxygen atoms in total. The molecule has 0 spiro atoms. The lowest BCUT2D eigenvalue weighted by atomic mass is 9.98. The number of benzene rings is 3. The van der Waals surface area contributed by atoms with Crippen molar-refractivity contribution in [2.24, 2.45) is 0 Å². The molecule has 0 saturated carbocycles. The van der Waals surface area contributed by atoms with Crippen LogP contribution in [0.5, 0.6) is 0 Å². The topological polar surface area (TPSA) is 97.4 Å². The Morgan fingerprint density at radius 1 is 0.865 bits per heavy atom. The Kier molecular flexibility index (Phi) is 7.94. The van der Waals surface area contributed by atoms with E-state index in [1.165, 1.54) is 11.8 Å². The zero-order chi connectivity index (χ0) is 25.8. The molecule has 2 aliphatic heterocycles. The molecule has 6 atom stereocenters. The molecule has 3 aromatic carbocycles. The first kappa shape index (κ1) is 25.9. The van der Waals surface area contributed by atoms with Crippen LogP contribution in [0.25, 0.3) is 0 Å². The summed E-state index contributed by atoms with van der Waals surface area (Å²) in [5.41, 5.74) is 0.269. The smallest absolute Gasteiger partial charge is 0.338 e. The van der Waals surface area contributed by atoms with E-state index in [1.54, 1.807) is 30.3 Å². The Morgan fingerprint density at radius 3 is 2.14 bits per heavy atom. The number of carbonyl (C=O) groups excluding carboxylic acids is 1. The molecule has 0 radical (unpaired) electrons. The summed E-state index contributed by atoms with van der Waals surface area (Å²) in [6, 6.07) is 27.2. The van der Waals surface area contributed by atoms with E-state index in [9.17, 15) is 13.2 Å². The lowest BCUT2D eigenvalue weighted by molar-refractivity contribution is -0.315. The number of hydrogen-bond donors (Lipinski definition) is 0. The van der Waals surface area contributed by atoms with E-state index in [0.29, 0.717) is 5.56 Å². The minimum absolute atomic E-state index is 0.154. The third-order valence-electron chi connectivity index (χ3n) is 5.89. The average Bonchev–Trinajstić information content (AvgIpc) is 2.91. The van der Waals surface area contributed by atoms with Gasteiger partial charge in [-0.3, -0.25) is 4.18 Å². The molecule has 0 aliphatic carbocycles. The van der Waals surface area contributed by atoms with E-state index in [-0.39, 0.29) is 6.61 Å². The van der Waals surface area contributed by atoms with Gasteiger partial charge in [0.2, 0.25) is 0 Å². The largest absolute Gasteiger partial charge is 0.453 e. The highest BCUT2D eigenvalue weighted by molar-refractivity contribution is 7.99. The highest BCUT2D eigenvalue weighted by atomic mass is 32.2. The predicted molar refractivity (Wildman–Crippen MR) is 136 cm³/mol. The second kappa shape index (κ2) is 11.3. The van der Waals surface area contributed by atoms with Gasteiger partial charge in [0.1, 0.15) is 17.6 Å². The van der Waals surface area contributed by atoms with Crippen LogP contribution in [0.4, 0.5) is 0 Å². The Hall–Kier alpha value is -2.73. The monoisotopic (exact) mass is 542 g/mol. The zero-order valence-electron chi connectivity index (χ0n) is 19.9. The van der Waals surface area contributed by atoms with Crippen molar-refractivity contribution in [3.05, 3.63) is 102 Å². The summed E-state index contributed by atoms with van der Waals surface area (Å²) < 4.78 is 54.7. The van der Waals surface area contributed by atoms with Crippen LogP contribution < -0.4 is 0 Å². The lowest BCUT2D eigenvalue weighted by Crippen LogP contribution is -2.63. The fourth-order valence-corrected chi connectivity index (χ4v) is 6.07. The van der Waals surface area contributed by atoms with E-state index in [0.717, 1.165) is 16.7 Å². The average molecular weight is 543 g/mol. The van der Waals surface area contributed by atoms with E-state index < -0.39 is 52.2 Å². The van der Waals surface area contributed by atoms with Gasteiger partial charge in [-0.05, 0) is 24.3 Å². The normalized spacial score (nSPS) is 27.7. The van der Waals surface area contributed by atoms with E-state index >= 15 is 0 Å². The summed E-state index contributed by atoms with van der Waals surface area (Å²) in [6.45, 7) is 0.154. The third kappa shape index (κ3) is 6.40. The molecule has 2 fully saturated rings. The summed E-state index contributed by atoms with van der Waals surface area (Å²) in [5, 5.41) is 0. The first-order chi connectivity index (χ1) is 17.9. The molecule has 0 bridgehead atoms. The van der Waals surface area contributed by atoms with Gasteiger partial charge in [-0.25, -0.2) is 4.79 Å².